The van der Waals surface area contributed by atoms with E-state index in [1.807, 2.05) is 6.92 Å². The molecule has 0 fully saturated rings. The lowest BCUT2D eigenvalue weighted by molar-refractivity contribution is -0.114. The number of anilines is 3. The molecule has 2 aromatic rings. The Labute approximate surface area is 182 Å². The third-order valence-electron chi connectivity index (χ3n) is 4.27. The van der Waals surface area contributed by atoms with E-state index in [1.54, 1.807) is 37.3 Å². The summed E-state index contributed by atoms with van der Waals surface area (Å²) in [5.41, 5.74) is 1.73. The van der Waals surface area contributed by atoms with E-state index in [-0.39, 0.29) is 23.6 Å². The van der Waals surface area contributed by atoms with Gasteiger partial charge >= 0.3 is 5.97 Å². The smallest absolute Gasteiger partial charge is 0.340 e. The molecule has 0 aromatic heterocycles. The highest BCUT2D eigenvalue weighted by Crippen LogP contribution is 2.26. The number of nitrogens with one attached hydrogen (secondary N) is 3. The Morgan fingerprint density at radius 3 is 2.32 bits per heavy atom. The summed E-state index contributed by atoms with van der Waals surface area (Å²) >= 11 is 0. The lowest BCUT2D eigenvalue weighted by Gasteiger charge is -2.17. The molecule has 0 atom stereocenters. The van der Waals surface area contributed by atoms with Crippen molar-refractivity contribution in [2.24, 2.45) is 0 Å². The molecule has 0 radical (unpaired) electrons. The molecule has 168 valence electrons. The summed E-state index contributed by atoms with van der Waals surface area (Å²) in [5, 5.41) is 8.79. The number of amides is 1. The quantitative estimate of drug-likeness (QED) is 0.478. The minimum absolute atomic E-state index is 0.106. The highest BCUT2D eigenvalue weighted by Gasteiger charge is 2.19. The molecule has 0 saturated carbocycles. The van der Waals surface area contributed by atoms with Crippen LogP contribution in [0.3, 0.4) is 0 Å². The van der Waals surface area contributed by atoms with Crippen LogP contribution in [-0.2, 0) is 19.6 Å². The van der Waals surface area contributed by atoms with E-state index in [4.69, 9.17) is 4.74 Å². The predicted octanol–water partition coefficient (Wildman–Crippen LogP) is 2.60. The van der Waals surface area contributed by atoms with Crippen molar-refractivity contribution in [2.75, 3.05) is 49.7 Å². The van der Waals surface area contributed by atoms with Crippen molar-refractivity contribution >= 4 is 39.0 Å². The first-order chi connectivity index (χ1) is 14.7. The van der Waals surface area contributed by atoms with Gasteiger partial charge in [-0.1, -0.05) is 12.1 Å². The summed E-state index contributed by atoms with van der Waals surface area (Å²) in [7, 11) is -0.718. The first-order valence-electron chi connectivity index (χ1n) is 9.81. The maximum Gasteiger partial charge on any atom is 0.340 e. The van der Waals surface area contributed by atoms with Gasteiger partial charge in [-0.05, 0) is 44.2 Å². The van der Waals surface area contributed by atoms with E-state index in [1.165, 1.54) is 26.2 Å². The van der Waals surface area contributed by atoms with Gasteiger partial charge in [-0.3, -0.25) is 4.79 Å². The predicted molar refractivity (Wildman–Crippen MR) is 121 cm³/mol. The van der Waals surface area contributed by atoms with Crippen LogP contribution in [-0.4, -0.2) is 58.4 Å². The number of benzene rings is 2. The SMILES string of the molecule is CCNc1ccc(S(=O)(=O)N(C)C)cc1NCC(=O)Nc1ccccc1C(=O)OCC. The normalized spacial score (nSPS) is 11.1. The number of sulfonamides is 1. The van der Waals surface area contributed by atoms with Gasteiger partial charge in [-0.2, -0.15) is 0 Å². The number of hydrogen-bond acceptors (Lipinski definition) is 7. The van der Waals surface area contributed by atoms with Crippen LogP contribution < -0.4 is 16.0 Å². The second-order valence-electron chi connectivity index (χ2n) is 6.69. The maximum absolute atomic E-state index is 12.5. The monoisotopic (exact) mass is 448 g/mol. The molecule has 0 heterocycles. The number of esters is 1. The van der Waals surface area contributed by atoms with Crippen molar-refractivity contribution in [1.29, 1.82) is 0 Å². The van der Waals surface area contributed by atoms with Gasteiger partial charge in [0.25, 0.3) is 0 Å². The highest BCUT2D eigenvalue weighted by atomic mass is 32.2. The molecule has 3 N–H and O–H groups in total. The van der Waals surface area contributed by atoms with E-state index in [0.717, 1.165) is 4.31 Å². The third kappa shape index (κ3) is 6.19. The van der Waals surface area contributed by atoms with Crippen molar-refractivity contribution in [3.8, 4) is 0 Å². The first-order valence-corrected chi connectivity index (χ1v) is 11.2. The molecule has 2 rings (SSSR count). The standard InChI is InChI=1S/C21H28N4O5S/c1-5-22-18-12-11-15(31(28,29)25(3)4)13-19(18)23-14-20(26)24-17-10-8-7-9-16(17)21(27)30-6-2/h7-13,22-23H,5-6,14H2,1-4H3,(H,24,26). The van der Waals surface area contributed by atoms with Gasteiger partial charge in [-0.15, -0.1) is 0 Å². The molecule has 0 unspecified atom stereocenters. The minimum atomic E-state index is -3.63. The van der Waals surface area contributed by atoms with Gasteiger partial charge in [0.1, 0.15) is 0 Å². The Morgan fingerprint density at radius 1 is 0.968 bits per heavy atom. The summed E-state index contributed by atoms with van der Waals surface area (Å²) in [6, 6.07) is 11.2. The van der Waals surface area contributed by atoms with Crippen LogP contribution >= 0.6 is 0 Å². The van der Waals surface area contributed by atoms with Crippen LogP contribution in [0, 0.1) is 0 Å². The molecule has 31 heavy (non-hydrogen) atoms. The van der Waals surface area contributed by atoms with Crippen LogP contribution in [0.2, 0.25) is 0 Å². The number of carbonyl (C=O) groups is 2. The Kier molecular flexibility index (Phi) is 8.40. The Morgan fingerprint density at radius 2 is 1.68 bits per heavy atom. The van der Waals surface area contributed by atoms with Gasteiger partial charge in [0.2, 0.25) is 15.9 Å². The zero-order valence-electron chi connectivity index (χ0n) is 18.1. The van der Waals surface area contributed by atoms with Crippen LogP contribution in [0.1, 0.15) is 24.2 Å². The fourth-order valence-electron chi connectivity index (χ4n) is 2.73. The lowest BCUT2D eigenvalue weighted by atomic mass is 10.2. The van der Waals surface area contributed by atoms with E-state index in [9.17, 15) is 18.0 Å². The van der Waals surface area contributed by atoms with Crippen molar-refractivity contribution < 1.29 is 22.7 Å². The number of carbonyl (C=O) groups excluding carboxylic acids is 2. The summed E-state index contributed by atoms with van der Waals surface area (Å²) in [6.45, 7) is 4.32. The molecule has 9 nitrogen and oxygen atoms in total. The average Bonchev–Trinajstić information content (AvgIpc) is 2.73. The maximum atomic E-state index is 12.5. The van der Waals surface area contributed by atoms with E-state index in [0.29, 0.717) is 23.6 Å². The van der Waals surface area contributed by atoms with Crippen LogP contribution in [0.4, 0.5) is 17.1 Å². The molecule has 0 saturated heterocycles. The van der Waals surface area contributed by atoms with Gasteiger partial charge in [0.15, 0.2) is 0 Å². The zero-order chi connectivity index (χ0) is 23.0. The van der Waals surface area contributed by atoms with Gasteiger partial charge in [-0.25, -0.2) is 17.5 Å². The second-order valence-corrected chi connectivity index (χ2v) is 8.84. The molecular weight excluding hydrogens is 420 g/mol. The van der Waals surface area contributed by atoms with Crippen LogP contribution in [0.25, 0.3) is 0 Å². The Hall–Kier alpha value is -3.11. The lowest BCUT2D eigenvalue weighted by Crippen LogP contribution is -2.24. The van der Waals surface area contributed by atoms with Crippen molar-refractivity contribution in [2.45, 2.75) is 18.7 Å². The minimum Gasteiger partial charge on any atom is -0.462 e. The van der Waals surface area contributed by atoms with Gasteiger partial charge in [0, 0.05) is 20.6 Å². The Balaban J connectivity index is 2.19. The molecule has 0 aliphatic rings. The molecule has 0 bridgehead atoms. The summed E-state index contributed by atoms with van der Waals surface area (Å²) in [6.07, 6.45) is 0. The van der Waals surface area contributed by atoms with E-state index < -0.39 is 21.9 Å². The largest absolute Gasteiger partial charge is 0.462 e. The number of para-hydroxylation sites is 1. The summed E-state index contributed by atoms with van der Waals surface area (Å²) in [5.74, 6) is -0.928. The van der Waals surface area contributed by atoms with Gasteiger partial charge < -0.3 is 20.7 Å². The Bertz CT molecular complexity index is 1040. The van der Waals surface area contributed by atoms with Crippen molar-refractivity contribution in [3.05, 3.63) is 48.0 Å². The van der Waals surface area contributed by atoms with Crippen LogP contribution in [0.5, 0.6) is 0 Å². The van der Waals surface area contributed by atoms with Crippen molar-refractivity contribution in [1.82, 2.24) is 4.31 Å². The number of hydrogen-bond donors (Lipinski definition) is 3. The van der Waals surface area contributed by atoms with Crippen LogP contribution in [0.15, 0.2) is 47.4 Å². The first kappa shape index (κ1) is 24.2. The number of nitrogens with zero attached hydrogens (tertiary/aromatic N) is 1. The third-order valence-corrected chi connectivity index (χ3v) is 6.08. The molecule has 10 heteroatoms. The van der Waals surface area contributed by atoms with Gasteiger partial charge in [0.05, 0.1) is 40.7 Å². The highest BCUT2D eigenvalue weighted by molar-refractivity contribution is 7.89. The molecule has 0 aliphatic carbocycles. The fraction of sp³-hybridized carbons (Fsp3) is 0.333. The molecule has 0 spiro atoms. The molecule has 0 aliphatic heterocycles. The van der Waals surface area contributed by atoms with E-state index >= 15 is 0 Å². The average molecular weight is 449 g/mol. The topological polar surface area (TPSA) is 117 Å². The molecular formula is C21H28N4O5S. The second kappa shape index (κ2) is 10.8. The number of rotatable bonds is 10. The summed E-state index contributed by atoms with van der Waals surface area (Å²) in [4.78, 5) is 24.7. The van der Waals surface area contributed by atoms with Crippen molar-refractivity contribution in [3.63, 3.8) is 0 Å². The molecule has 1 amide bonds. The number of ether oxygens (including phenoxy) is 1. The fourth-order valence-corrected chi connectivity index (χ4v) is 3.66. The summed E-state index contributed by atoms with van der Waals surface area (Å²) < 4.78 is 31.0. The molecule has 2 aromatic carbocycles. The van der Waals surface area contributed by atoms with E-state index in [2.05, 4.69) is 16.0 Å². The zero-order valence-corrected chi connectivity index (χ0v) is 18.9.